The lowest BCUT2D eigenvalue weighted by molar-refractivity contribution is 0.0947. The molecule has 3 heteroatoms. The summed E-state index contributed by atoms with van der Waals surface area (Å²) < 4.78 is 0. The average molecular weight is 292 g/mol. The zero-order chi connectivity index (χ0) is 15.5. The molecule has 1 aromatic heterocycles. The zero-order valence-electron chi connectivity index (χ0n) is 12.9. The molecule has 3 nitrogen and oxygen atoms in total. The second kappa shape index (κ2) is 6.06. The molecule has 2 N–H and O–H groups in total. The van der Waals surface area contributed by atoms with Gasteiger partial charge in [0.1, 0.15) is 5.69 Å². The summed E-state index contributed by atoms with van der Waals surface area (Å²) in [5.41, 5.74) is 3.97. The van der Waals surface area contributed by atoms with Crippen LogP contribution in [0, 0.1) is 0 Å². The van der Waals surface area contributed by atoms with Crippen molar-refractivity contribution in [3.05, 3.63) is 71.4 Å². The van der Waals surface area contributed by atoms with Gasteiger partial charge in [-0.25, -0.2) is 0 Å². The Morgan fingerprint density at radius 1 is 1.09 bits per heavy atom. The van der Waals surface area contributed by atoms with Gasteiger partial charge in [0, 0.05) is 17.4 Å². The molecule has 0 aliphatic heterocycles. The van der Waals surface area contributed by atoms with Crippen LogP contribution in [0.1, 0.15) is 41.4 Å². The lowest BCUT2D eigenvalue weighted by atomic mass is 10.0. The molecule has 3 rings (SSSR count). The molecule has 112 valence electrons. The van der Waals surface area contributed by atoms with Crippen molar-refractivity contribution < 1.29 is 4.79 Å². The summed E-state index contributed by atoms with van der Waals surface area (Å²) in [5.74, 6) is 0.404. The van der Waals surface area contributed by atoms with E-state index >= 15 is 0 Å². The number of carbonyl (C=O) groups is 1. The Labute approximate surface area is 130 Å². The highest BCUT2D eigenvalue weighted by atomic mass is 16.1. The zero-order valence-corrected chi connectivity index (χ0v) is 12.9. The van der Waals surface area contributed by atoms with Crippen molar-refractivity contribution in [2.24, 2.45) is 0 Å². The minimum Gasteiger partial charge on any atom is -0.351 e. The van der Waals surface area contributed by atoms with Gasteiger partial charge in [0.15, 0.2) is 0 Å². The fraction of sp³-hybridized carbons (Fsp3) is 0.211. The van der Waals surface area contributed by atoms with Crippen molar-refractivity contribution in [1.82, 2.24) is 10.3 Å². The number of hydrogen-bond acceptors (Lipinski definition) is 1. The van der Waals surface area contributed by atoms with E-state index in [1.54, 1.807) is 0 Å². The number of H-pyrrole nitrogens is 1. The van der Waals surface area contributed by atoms with Crippen LogP contribution >= 0.6 is 0 Å². The third-order valence-electron chi connectivity index (χ3n) is 3.85. The fourth-order valence-electron chi connectivity index (χ4n) is 2.51. The summed E-state index contributed by atoms with van der Waals surface area (Å²) in [4.78, 5) is 15.4. The molecule has 0 fully saturated rings. The van der Waals surface area contributed by atoms with Crippen molar-refractivity contribution >= 4 is 16.8 Å². The maximum absolute atomic E-state index is 12.3. The maximum atomic E-state index is 12.3. The average Bonchev–Trinajstić information content (AvgIpc) is 2.96. The highest BCUT2D eigenvalue weighted by molar-refractivity contribution is 5.98. The lowest BCUT2D eigenvalue weighted by Gasteiger charge is -2.03. The van der Waals surface area contributed by atoms with E-state index in [0.717, 1.165) is 16.5 Å². The number of hydrogen-bond donors (Lipinski definition) is 2. The lowest BCUT2D eigenvalue weighted by Crippen LogP contribution is -2.22. The Kier molecular flexibility index (Phi) is 3.96. The van der Waals surface area contributed by atoms with Crippen LogP contribution in [0.2, 0.25) is 0 Å². The van der Waals surface area contributed by atoms with E-state index in [1.807, 2.05) is 42.5 Å². The molecule has 0 aliphatic carbocycles. The van der Waals surface area contributed by atoms with Crippen molar-refractivity contribution in [2.75, 3.05) is 0 Å². The number of fused-ring (bicyclic) bond motifs is 1. The van der Waals surface area contributed by atoms with Gasteiger partial charge in [-0.2, -0.15) is 0 Å². The number of benzene rings is 2. The predicted octanol–water partition coefficient (Wildman–Crippen LogP) is 4.22. The summed E-state index contributed by atoms with van der Waals surface area (Å²) in [6.45, 7) is 4.87. The first-order chi connectivity index (χ1) is 10.6. The van der Waals surface area contributed by atoms with Gasteiger partial charge in [0.2, 0.25) is 0 Å². The van der Waals surface area contributed by atoms with Gasteiger partial charge < -0.3 is 10.3 Å². The molecular formula is C19H20N2O. The minimum atomic E-state index is -0.0776. The molecule has 2 aromatic carbocycles. The molecule has 0 radical (unpaired) electrons. The van der Waals surface area contributed by atoms with Crippen LogP contribution in [0.3, 0.4) is 0 Å². The monoisotopic (exact) mass is 292 g/mol. The van der Waals surface area contributed by atoms with E-state index in [4.69, 9.17) is 0 Å². The van der Waals surface area contributed by atoms with Gasteiger partial charge in [0.05, 0.1) is 0 Å². The van der Waals surface area contributed by atoms with Gasteiger partial charge in [0.25, 0.3) is 5.91 Å². The van der Waals surface area contributed by atoms with E-state index in [2.05, 4.69) is 36.3 Å². The Morgan fingerprint density at radius 3 is 2.59 bits per heavy atom. The van der Waals surface area contributed by atoms with Crippen LogP contribution in [0.15, 0.2) is 54.6 Å². The van der Waals surface area contributed by atoms with Crippen LogP contribution in [-0.2, 0) is 6.54 Å². The van der Waals surface area contributed by atoms with Crippen molar-refractivity contribution in [1.29, 1.82) is 0 Å². The maximum Gasteiger partial charge on any atom is 0.267 e. The molecule has 0 saturated heterocycles. The third-order valence-corrected chi connectivity index (χ3v) is 3.85. The van der Waals surface area contributed by atoms with E-state index in [1.165, 1.54) is 5.56 Å². The first-order valence-electron chi connectivity index (χ1n) is 7.58. The van der Waals surface area contributed by atoms with Crippen molar-refractivity contribution in [3.63, 3.8) is 0 Å². The Balaban J connectivity index is 1.76. The summed E-state index contributed by atoms with van der Waals surface area (Å²) in [7, 11) is 0. The van der Waals surface area contributed by atoms with Crippen LogP contribution in [0.25, 0.3) is 10.9 Å². The molecule has 0 saturated carbocycles. The first kappa shape index (κ1) is 14.4. The van der Waals surface area contributed by atoms with Gasteiger partial charge >= 0.3 is 0 Å². The van der Waals surface area contributed by atoms with E-state index < -0.39 is 0 Å². The number of rotatable bonds is 4. The number of carbonyl (C=O) groups excluding carboxylic acids is 1. The number of nitrogens with one attached hydrogen (secondary N) is 2. The van der Waals surface area contributed by atoms with E-state index in [0.29, 0.717) is 18.2 Å². The Bertz CT molecular complexity index is 788. The third kappa shape index (κ3) is 3.03. The summed E-state index contributed by atoms with van der Waals surface area (Å²) in [5, 5.41) is 4.02. The molecule has 1 heterocycles. The minimum absolute atomic E-state index is 0.0776. The SMILES string of the molecule is CC(C)c1ccc2[nH]c(C(=O)NCc3ccccc3)cc2c1. The molecule has 3 aromatic rings. The smallest absolute Gasteiger partial charge is 0.267 e. The number of amides is 1. The van der Waals surface area contributed by atoms with Gasteiger partial charge in [-0.3, -0.25) is 4.79 Å². The standard InChI is InChI=1S/C19H20N2O/c1-13(2)15-8-9-17-16(10-15)11-18(21-17)19(22)20-12-14-6-4-3-5-7-14/h3-11,13,21H,12H2,1-2H3,(H,20,22). The van der Waals surface area contributed by atoms with E-state index in [-0.39, 0.29) is 5.91 Å². The van der Waals surface area contributed by atoms with Crippen LogP contribution in [0.5, 0.6) is 0 Å². The van der Waals surface area contributed by atoms with Crippen LogP contribution < -0.4 is 5.32 Å². The number of aromatic nitrogens is 1. The van der Waals surface area contributed by atoms with Crippen molar-refractivity contribution in [3.8, 4) is 0 Å². The van der Waals surface area contributed by atoms with Crippen LogP contribution in [-0.4, -0.2) is 10.9 Å². The molecule has 22 heavy (non-hydrogen) atoms. The molecule has 0 atom stereocenters. The molecule has 0 spiro atoms. The van der Waals surface area contributed by atoms with E-state index in [9.17, 15) is 4.79 Å². The molecule has 0 bridgehead atoms. The fourth-order valence-corrected chi connectivity index (χ4v) is 2.51. The Morgan fingerprint density at radius 2 is 1.86 bits per heavy atom. The highest BCUT2D eigenvalue weighted by Crippen LogP contribution is 2.22. The predicted molar refractivity (Wildman–Crippen MR) is 90.0 cm³/mol. The molecule has 1 amide bonds. The van der Waals surface area contributed by atoms with Gasteiger partial charge in [-0.05, 0) is 35.2 Å². The summed E-state index contributed by atoms with van der Waals surface area (Å²) >= 11 is 0. The second-order valence-electron chi connectivity index (χ2n) is 5.85. The number of aromatic amines is 1. The normalized spacial score (nSPS) is 11.0. The summed E-state index contributed by atoms with van der Waals surface area (Å²) in [6.07, 6.45) is 0. The first-order valence-corrected chi connectivity index (χ1v) is 7.58. The molecule has 0 aliphatic rings. The largest absolute Gasteiger partial charge is 0.351 e. The van der Waals surface area contributed by atoms with Gasteiger partial charge in [-0.1, -0.05) is 50.2 Å². The summed E-state index contributed by atoms with van der Waals surface area (Å²) in [6, 6.07) is 18.1. The Hall–Kier alpha value is -2.55. The second-order valence-corrected chi connectivity index (χ2v) is 5.85. The highest BCUT2D eigenvalue weighted by Gasteiger charge is 2.10. The topological polar surface area (TPSA) is 44.9 Å². The van der Waals surface area contributed by atoms with Crippen molar-refractivity contribution in [2.45, 2.75) is 26.3 Å². The molecule has 0 unspecified atom stereocenters. The molecular weight excluding hydrogens is 272 g/mol. The van der Waals surface area contributed by atoms with Gasteiger partial charge in [-0.15, -0.1) is 0 Å². The van der Waals surface area contributed by atoms with Crippen LogP contribution in [0.4, 0.5) is 0 Å². The quantitative estimate of drug-likeness (QED) is 0.743.